The van der Waals surface area contributed by atoms with E-state index < -0.39 is 5.92 Å². The number of rotatable bonds is 6. The third-order valence-electron chi connectivity index (χ3n) is 5.27. The molecule has 4 rings (SSSR count). The fourth-order valence-electron chi connectivity index (χ4n) is 3.74. The van der Waals surface area contributed by atoms with Gasteiger partial charge in [-0.25, -0.2) is 0 Å². The molecule has 1 atom stereocenters. The van der Waals surface area contributed by atoms with Crippen LogP contribution in [0.4, 0.5) is 11.4 Å². The molecular weight excluding hydrogens is 358 g/mol. The SMILES string of the molecule is CCc1ccc2c(c1)NC(=O)C2C(=Nc1ccc(CNC)cc1)c1ccccc1. The zero-order valence-electron chi connectivity index (χ0n) is 16.8. The van der Waals surface area contributed by atoms with E-state index in [-0.39, 0.29) is 5.91 Å². The van der Waals surface area contributed by atoms with E-state index in [0.717, 1.165) is 41.2 Å². The number of hydrogen-bond acceptors (Lipinski definition) is 3. The molecule has 0 saturated carbocycles. The maximum atomic E-state index is 13.0. The van der Waals surface area contributed by atoms with Crippen LogP contribution in [0.2, 0.25) is 0 Å². The van der Waals surface area contributed by atoms with Crippen LogP contribution < -0.4 is 10.6 Å². The Morgan fingerprint density at radius 2 is 1.72 bits per heavy atom. The number of nitrogens with zero attached hydrogens (tertiary/aromatic N) is 1. The van der Waals surface area contributed by atoms with Gasteiger partial charge in [-0.1, -0.05) is 61.5 Å². The van der Waals surface area contributed by atoms with Gasteiger partial charge in [-0.3, -0.25) is 9.79 Å². The Labute approximate surface area is 171 Å². The highest BCUT2D eigenvalue weighted by atomic mass is 16.2. The summed E-state index contributed by atoms with van der Waals surface area (Å²) >= 11 is 0. The lowest BCUT2D eigenvalue weighted by molar-refractivity contribution is -0.115. The third kappa shape index (κ3) is 3.98. The van der Waals surface area contributed by atoms with Crippen LogP contribution in [0, 0.1) is 0 Å². The van der Waals surface area contributed by atoms with Crippen LogP contribution in [0.1, 0.15) is 35.1 Å². The third-order valence-corrected chi connectivity index (χ3v) is 5.27. The highest BCUT2D eigenvalue weighted by Gasteiger charge is 2.35. The second-order valence-corrected chi connectivity index (χ2v) is 7.26. The van der Waals surface area contributed by atoms with Gasteiger partial charge in [0.1, 0.15) is 5.92 Å². The Bertz CT molecular complexity index is 1040. The van der Waals surface area contributed by atoms with Crippen LogP contribution in [0.5, 0.6) is 0 Å². The Kier molecular flexibility index (Phi) is 5.54. The van der Waals surface area contributed by atoms with E-state index >= 15 is 0 Å². The van der Waals surface area contributed by atoms with Gasteiger partial charge >= 0.3 is 0 Å². The van der Waals surface area contributed by atoms with Crippen molar-refractivity contribution >= 4 is 23.0 Å². The zero-order valence-corrected chi connectivity index (χ0v) is 16.8. The smallest absolute Gasteiger partial charge is 0.238 e. The summed E-state index contributed by atoms with van der Waals surface area (Å²) in [6.07, 6.45) is 0.937. The molecule has 0 spiro atoms. The van der Waals surface area contributed by atoms with Gasteiger partial charge in [-0.05, 0) is 53.9 Å². The standard InChI is InChI=1S/C25H25N3O/c1-3-17-11-14-21-22(15-17)28-25(29)23(21)24(19-7-5-4-6-8-19)27-20-12-9-18(10-13-20)16-26-2/h4-15,23,26H,3,16H2,1-2H3,(H,28,29). The van der Waals surface area contributed by atoms with E-state index in [9.17, 15) is 4.79 Å². The minimum Gasteiger partial charge on any atom is -0.325 e. The van der Waals surface area contributed by atoms with Crippen molar-refractivity contribution < 1.29 is 4.79 Å². The maximum Gasteiger partial charge on any atom is 0.238 e. The Morgan fingerprint density at radius 3 is 2.41 bits per heavy atom. The number of fused-ring (bicyclic) bond motifs is 1. The van der Waals surface area contributed by atoms with Crippen LogP contribution in [0.15, 0.2) is 77.8 Å². The molecule has 0 saturated heterocycles. The number of benzene rings is 3. The molecule has 4 heteroatoms. The van der Waals surface area contributed by atoms with Gasteiger partial charge in [-0.15, -0.1) is 0 Å². The summed E-state index contributed by atoms with van der Waals surface area (Å²) in [6, 6.07) is 24.3. The first-order valence-electron chi connectivity index (χ1n) is 10.0. The highest BCUT2D eigenvalue weighted by Crippen LogP contribution is 2.37. The topological polar surface area (TPSA) is 53.5 Å². The minimum absolute atomic E-state index is 0.0253. The second kappa shape index (κ2) is 8.41. The maximum absolute atomic E-state index is 13.0. The molecule has 3 aromatic carbocycles. The average molecular weight is 383 g/mol. The Morgan fingerprint density at radius 1 is 1.00 bits per heavy atom. The number of nitrogens with one attached hydrogen (secondary N) is 2. The summed E-state index contributed by atoms with van der Waals surface area (Å²) in [7, 11) is 1.93. The Balaban J connectivity index is 1.79. The number of aryl methyl sites for hydroxylation is 1. The molecule has 0 aliphatic carbocycles. The number of anilines is 1. The molecular formula is C25H25N3O. The average Bonchev–Trinajstić information content (AvgIpc) is 3.08. The van der Waals surface area contributed by atoms with Gasteiger partial charge in [-0.2, -0.15) is 0 Å². The summed E-state index contributed by atoms with van der Waals surface area (Å²) in [6.45, 7) is 2.93. The fourth-order valence-corrected chi connectivity index (χ4v) is 3.74. The van der Waals surface area contributed by atoms with Gasteiger partial charge in [0.25, 0.3) is 0 Å². The zero-order chi connectivity index (χ0) is 20.2. The Hall–Kier alpha value is -3.24. The van der Waals surface area contributed by atoms with Gasteiger partial charge in [0.05, 0.1) is 11.4 Å². The highest BCUT2D eigenvalue weighted by molar-refractivity contribution is 6.24. The molecule has 4 nitrogen and oxygen atoms in total. The molecule has 0 aromatic heterocycles. The molecule has 1 amide bonds. The first-order chi connectivity index (χ1) is 14.2. The van der Waals surface area contributed by atoms with Crippen molar-refractivity contribution in [3.05, 3.63) is 95.1 Å². The van der Waals surface area contributed by atoms with Crippen molar-refractivity contribution in [3.8, 4) is 0 Å². The molecule has 0 bridgehead atoms. The lowest BCUT2D eigenvalue weighted by atomic mass is 9.90. The molecule has 3 aromatic rings. The van der Waals surface area contributed by atoms with Crippen molar-refractivity contribution in [3.63, 3.8) is 0 Å². The first kappa shape index (κ1) is 19.1. The van der Waals surface area contributed by atoms with E-state index in [1.807, 2.05) is 49.5 Å². The summed E-state index contributed by atoms with van der Waals surface area (Å²) in [5.74, 6) is -0.446. The van der Waals surface area contributed by atoms with Gasteiger partial charge < -0.3 is 10.6 Å². The summed E-state index contributed by atoms with van der Waals surface area (Å²) in [4.78, 5) is 17.9. The van der Waals surface area contributed by atoms with E-state index in [1.165, 1.54) is 11.1 Å². The number of amides is 1. The predicted octanol–water partition coefficient (Wildman–Crippen LogP) is 4.83. The number of carbonyl (C=O) groups excluding carboxylic acids is 1. The first-order valence-corrected chi connectivity index (χ1v) is 10.0. The molecule has 0 radical (unpaired) electrons. The van der Waals surface area contributed by atoms with Gasteiger partial charge in [0, 0.05) is 12.2 Å². The molecule has 146 valence electrons. The van der Waals surface area contributed by atoms with E-state index in [2.05, 4.69) is 47.9 Å². The van der Waals surface area contributed by atoms with E-state index in [1.54, 1.807) is 0 Å². The van der Waals surface area contributed by atoms with E-state index in [0.29, 0.717) is 0 Å². The summed E-state index contributed by atoms with van der Waals surface area (Å²) in [5.41, 5.74) is 6.86. The second-order valence-electron chi connectivity index (χ2n) is 7.26. The van der Waals surface area contributed by atoms with Crippen molar-refractivity contribution in [1.82, 2.24) is 5.32 Å². The number of hydrogen-bond donors (Lipinski definition) is 2. The van der Waals surface area contributed by atoms with Crippen LogP contribution in [-0.4, -0.2) is 18.7 Å². The summed E-state index contributed by atoms with van der Waals surface area (Å²) in [5, 5.41) is 6.21. The number of aliphatic imine (C=N–C) groups is 1. The van der Waals surface area contributed by atoms with E-state index in [4.69, 9.17) is 4.99 Å². The number of carbonyl (C=O) groups is 1. The normalized spacial score (nSPS) is 15.9. The van der Waals surface area contributed by atoms with Crippen LogP contribution >= 0.6 is 0 Å². The summed E-state index contributed by atoms with van der Waals surface area (Å²) < 4.78 is 0. The minimum atomic E-state index is -0.421. The quantitative estimate of drug-likeness (QED) is 0.599. The molecule has 2 N–H and O–H groups in total. The largest absolute Gasteiger partial charge is 0.325 e. The van der Waals surface area contributed by atoms with Crippen LogP contribution in [0.25, 0.3) is 0 Å². The fraction of sp³-hybridized carbons (Fsp3) is 0.200. The van der Waals surface area contributed by atoms with Crippen LogP contribution in [0.3, 0.4) is 0 Å². The molecule has 1 heterocycles. The lowest BCUT2D eigenvalue weighted by Gasteiger charge is -2.14. The van der Waals surface area contributed by atoms with Crippen molar-refractivity contribution in [1.29, 1.82) is 0 Å². The molecule has 1 aliphatic heterocycles. The van der Waals surface area contributed by atoms with Gasteiger partial charge in [0.2, 0.25) is 5.91 Å². The molecule has 0 fully saturated rings. The van der Waals surface area contributed by atoms with Crippen molar-refractivity contribution in [2.75, 3.05) is 12.4 Å². The van der Waals surface area contributed by atoms with Gasteiger partial charge in [0.15, 0.2) is 0 Å². The van der Waals surface area contributed by atoms with Crippen molar-refractivity contribution in [2.24, 2.45) is 4.99 Å². The molecule has 1 aliphatic rings. The van der Waals surface area contributed by atoms with Crippen LogP contribution in [-0.2, 0) is 17.8 Å². The lowest BCUT2D eigenvalue weighted by Crippen LogP contribution is -2.21. The monoisotopic (exact) mass is 383 g/mol. The van der Waals surface area contributed by atoms with Crippen molar-refractivity contribution in [2.45, 2.75) is 25.8 Å². The predicted molar refractivity (Wildman–Crippen MR) is 119 cm³/mol. The molecule has 29 heavy (non-hydrogen) atoms. The molecule has 1 unspecified atom stereocenters.